The van der Waals surface area contributed by atoms with Crippen LogP contribution in [0.15, 0.2) is 39.6 Å². The third-order valence-electron chi connectivity index (χ3n) is 3.91. The van der Waals surface area contributed by atoms with Gasteiger partial charge in [0.25, 0.3) is 5.91 Å². The Morgan fingerprint density at radius 3 is 2.76 bits per heavy atom. The number of piperidine rings is 1. The summed E-state index contributed by atoms with van der Waals surface area (Å²) in [7, 11) is 0. The monoisotopic (exact) mass is 288 g/mol. The van der Waals surface area contributed by atoms with Gasteiger partial charge >= 0.3 is 0 Å². The summed E-state index contributed by atoms with van der Waals surface area (Å²) in [6, 6.07) is 6.12. The Hall–Kier alpha value is -2.01. The van der Waals surface area contributed by atoms with Gasteiger partial charge in [-0.25, -0.2) is 0 Å². The molecule has 5 nitrogen and oxygen atoms in total. The molecule has 3 heterocycles. The molecule has 1 N–H and O–H groups in total. The van der Waals surface area contributed by atoms with Gasteiger partial charge in [-0.3, -0.25) is 4.79 Å². The average Bonchev–Trinajstić information content (AvgIpc) is 3.16. The molecule has 1 saturated heterocycles. The Bertz CT molecular complexity index is 580. The van der Waals surface area contributed by atoms with Crippen molar-refractivity contribution < 1.29 is 13.6 Å². The van der Waals surface area contributed by atoms with Gasteiger partial charge in [-0.15, -0.1) is 0 Å². The van der Waals surface area contributed by atoms with Crippen LogP contribution in [-0.4, -0.2) is 29.9 Å². The maximum atomic E-state index is 12.2. The molecule has 2 aromatic heterocycles. The van der Waals surface area contributed by atoms with Crippen molar-refractivity contribution in [1.29, 1.82) is 0 Å². The summed E-state index contributed by atoms with van der Waals surface area (Å²) in [5, 5.41) is 3.50. The second-order valence-electron chi connectivity index (χ2n) is 5.47. The molecule has 5 heteroatoms. The Morgan fingerprint density at radius 2 is 2.14 bits per heavy atom. The van der Waals surface area contributed by atoms with Gasteiger partial charge in [0.05, 0.1) is 18.4 Å². The lowest BCUT2D eigenvalue weighted by Gasteiger charge is -2.32. The Morgan fingerprint density at radius 1 is 1.33 bits per heavy atom. The van der Waals surface area contributed by atoms with E-state index in [-0.39, 0.29) is 5.91 Å². The minimum atomic E-state index is 0.0591. The number of hydrogen-bond acceptors (Lipinski definition) is 4. The second-order valence-corrected chi connectivity index (χ2v) is 5.47. The lowest BCUT2D eigenvalue weighted by Crippen LogP contribution is -2.44. The normalized spacial score (nSPS) is 16.3. The van der Waals surface area contributed by atoms with E-state index >= 15 is 0 Å². The number of nitrogens with zero attached hydrogens (tertiary/aromatic N) is 1. The van der Waals surface area contributed by atoms with Gasteiger partial charge in [-0.05, 0) is 38.0 Å². The van der Waals surface area contributed by atoms with Crippen molar-refractivity contribution in [2.24, 2.45) is 0 Å². The van der Waals surface area contributed by atoms with E-state index in [1.54, 1.807) is 6.07 Å². The number of hydrogen-bond donors (Lipinski definition) is 1. The van der Waals surface area contributed by atoms with Crippen LogP contribution in [0.2, 0.25) is 0 Å². The van der Waals surface area contributed by atoms with Gasteiger partial charge in [-0.1, -0.05) is 0 Å². The molecule has 1 aliphatic rings. The van der Waals surface area contributed by atoms with Crippen molar-refractivity contribution >= 4 is 5.91 Å². The molecule has 21 heavy (non-hydrogen) atoms. The van der Waals surface area contributed by atoms with Crippen molar-refractivity contribution in [3.63, 3.8) is 0 Å². The molecule has 1 amide bonds. The van der Waals surface area contributed by atoms with Crippen LogP contribution in [0.5, 0.6) is 0 Å². The Kier molecular flexibility index (Phi) is 4.10. The van der Waals surface area contributed by atoms with E-state index in [1.165, 1.54) is 12.5 Å². The third kappa shape index (κ3) is 3.36. The number of carbonyl (C=O) groups excluding carboxylic acids is 1. The minimum Gasteiger partial charge on any atom is -0.472 e. The maximum Gasteiger partial charge on any atom is 0.257 e. The zero-order valence-corrected chi connectivity index (χ0v) is 12.2. The number of aryl methyl sites for hydroxylation is 1. The second kappa shape index (κ2) is 6.18. The van der Waals surface area contributed by atoms with Crippen LogP contribution in [-0.2, 0) is 6.54 Å². The van der Waals surface area contributed by atoms with Gasteiger partial charge in [0.15, 0.2) is 0 Å². The summed E-state index contributed by atoms with van der Waals surface area (Å²) in [6.07, 6.45) is 4.96. The summed E-state index contributed by atoms with van der Waals surface area (Å²) < 4.78 is 10.5. The molecule has 0 radical (unpaired) electrons. The number of likely N-dealkylation sites (tertiary alicyclic amines) is 1. The fraction of sp³-hybridized carbons (Fsp3) is 0.438. The lowest BCUT2D eigenvalue weighted by atomic mass is 10.0. The van der Waals surface area contributed by atoms with Crippen molar-refractivity contribution in [3.05, 3.63) is 47.8 Å². The molecule has 0 aromatic carbocycles. The molecular weight excluding hydrogens is 268 g/mol. The summed E-state index contributed by atoms with van der Waals surface area (Å²) >= 11 is 0. The smallest absolute Gasteiger partial charge is 0.257 e. The first kappa shape index (κ1) is 13.9. The van der Waals surface area contributed by atoms with Crippen molar-refractivity contribution in [1.82, 2.24) is 10.2 Å². The number of nitrogens with one attached hydrogen (secondary N) is 1. The highest BCUT2D eigenvalue weighted by Crippen LogP contribution is 2.15. The third-order valence-corrected chi connectivity index (χ3v) is 3.91. The molecule has 0 unspecified atom stereocenters. The summed E-state index contributed by atoms with van der Waals surface area (Å²) in [5.41, 5.74) is 0.632. The van der Waals surface area contributed by atoms with E-state index in [0.29, 0.717) is 11.6 Å². The van der Waals surface area contributed by atoms with Gasteiger partial charge in [0.2, 0.25) is 0 Å². The number of amides is 1. The SMILES string of the molecule is Cc1ccc(CNC2CCN(C(=O)c3ccoc3)CC2)o1. The average molecular weight is 288 g/mol. The predicted octanol–water partition coefficient (Wildman–Crippen LogP) is 2.58. The fourth-order valence-electron chi connectivity index (χ4n) is 2.68. The van der Waals surface area contributed by atoms with E-state index in [2.05, 4.69) is 5.32 Å². The Labute approximate surface area is 123 Å². The molecule has 0 spiro atoms. The first-order chi connectivity index (χ1) is 10.2. The highest BCUT2D eigenvalue weighted by molar-refractivity contribution is 5.93. The molecule has 1 fully saturated rings. The molecule has 0 aliphatic carbocycles. The van der Waals surface area contributed by atoms with Crippen molar-refractivity contribution in [2.75, 3.05) is 13.1 Å². The van der Waals surface area contributed by atoms with Gasteiger partial charge in [-0.2, -0.15) is 0 Å². The quantitative estimate of drug-likeness (QED) is 0.939. The van der Waals surface area contributed by atoms with Crippen LogP contribution >= 0.6 is 0 Å². The summed E-state index contributed by atoms with van der Waals surface area (Å²) in [4.78, 5) is 14.1. The molecular formula is C16H20N2O3. The molecule has 0 atom stereocenters. The minimum absolute atomic E-state index is 0.0591. The van der Waals surface area contributed by atoms with Gasteiger partial charge in [0.1, 0.15) is 17.8 Å². The first-order valence-electron chi connectivity index (χ1n) is 7.32. The largest absolute Gasteiger partial charge is 0.472 e. The van der Waals surface area contributed by atoms with E-state index in [0.717, 1.165) is 44.0 Å². The van der Waals surface area contributed by atoms with Crippen molar-refractivity contribution in [2.45, 2.75) is 32.4 Å². The zero-order valence-electron chi connectivity index (χ0n) is 12.2. The highest BCUT2D eigenvalue weighted by atomic mass is 16.3. The van der Waals surface area contributed by atoms with E-state index in [9.17, 15) is 4.79 Å². The predicted molar refractivity (Wildman–Crippen MR) is 77.9 cm³/mol. The van der Waals surface area contributed by atoms with Crippen LogP contribution in [0.1, 0.15) is 34.7 Å². The molecule has 112 valence electrons. The maximum absolute atomic E-state index is 12.2. The van der Waals surface area contributed by atoms with Gasteiger partial charge in [0, 0.05) is 19.1 Å². The number of carbonyl (C=O) groups is 1. The van der Waals surface area contributed by atoms with E-state index < -0.39 is 0 Å². The van der Waals surface area contributed by atoms with Crippen LogP contribution in [0.3, 0.4) is 0 Å². The standard InChI is InChI=1S/C16H20N2O3/c1-12-2-3-15(21-12)10-17-14-4-7-18(8-5-14)16(19)13-6-9-20-11-13/h2-3,6,9,11,14,17H,4-5,7-8,10H2,1H3. The summed E-state index contributed by atoms with van der Waals surface area (Å²) in [5.74, 6) is 1.96. The molecule has 3 rings (SSSR count). The van der Waals surface area contributed by atoms with Crippen LogP contribution in [0.25, 0.3) is 0 Å². The number of rotatable bonds is 4. The van der Waals surface area contributed by atoms with Gasteiger partial charge < -0.3 is 19.1 Å². The molecule has 0 bridgehead atoms. The Balaban J connectivity index is 1.45. The van der Waals surface area contributed by atoms with E-state index in [1.807, 2.05) is 24.0 Å². The zero-order chi connectivity index (χ0) is 14.7. The van der Waals surface area contributed by atoms with Crippen LogP contribution < -0.4 is 5.32 Å². The topological polar surface area (TPSA) is 58.6 Å². The number of furan rings is 2. The fourth-order valence-corrected chi connectivity index (χ4v) is 2.68. The summed E-state index contributed by atoms with van der Waals surface area (Å²) in [6.45, 7) is 4.25. The lowest BCUT2D eigenvalue weighted by molar-refractivity contribution is 0.0703. The highest BCUT2D eigenvalue weighted by Gasteiger charge is 2.23. The van der Waals surface area contributed by atoms with Crippen LogP contribution in [0, 0.1) is 6.92 Å². The molecule has 2 aromatic rings. The van der Waals surface area contributed by atoms with E-state index in [4.69, 9.17) is 8.83 Å². The molecule has 1 aliphatic heterocycles. The van der Waals surface area contributed by atoms with Crippen molar-refractivity contribution in [3.8, 4) is 0 Å². The van der Waals surface area contributed by atoms with Crippen LogP contribution in [0.4, 0.5) is 0 Å². The first-order valence-corrected chi connectivity index (χ1v) is 7.32. The molecule has 0 saturated carbocycles.